The van der Waals surface area contributed by atoms with Crippen LogP contribution in [0.2, 0.25) is 0 Å². The van der Waals surface area contributed by atoms with Gasteiger partial charge in [-0.2, -0.15) is 0 Å². The van der Waals surface area contributed by atoms with Crippen LogP contribution in [-0.2, 0) is 9.53 Å². The van der Waals surface area contributed by atoms with Crippen molar-refractivity contribution in [2.75, 3.05) is 38.6 Å². The van der Waals surface area contributed by atoms with Crippen LogP contribution in [0.4, 0.5) is 5.69 Å². The Labute approximate surface area is 117 Å². The Balaban J connectivity index is 1.83. The van der Waals surface area contributed by atoms with Gasteiger partial charge in [0.05, 0.1) is 13.2 Å². The molecule has 0 spiro atoms. The Kier molecular flexibility index (Phi) is 4.95. The van der Waals surface area contributed by atoms with Gasteiger partial charge >= 0.3 is 0 Å². The van der Waals surface area contributed by atoms with E-state index in [9.17, 15) is 9.59 Å². The highest BCUT2D eigenvalue weighted by molar-refractivity contribution is 5.96. The van der Waals surface area contributed by atoms with Crippen molar-refractivity contribution >= 4 is 17.5 Å². The normalized spacial score (nSPS) is 15.5. The SMILES string of the molecule is Nc1ccc(C(=O)NCC(=O)N2CCCOCC2)cc1. The third kappa shape index (κ3) is 3.96. The number of carbonyl (C=O) groups is 2. The number of rotatable bonds is 3. The van der Waals surface area contributed by atoms with Gasteiger partial charge in [-0.25, -0.2) is 0 Å². The first kappa shape index (κ1) is 14.3. The van der Waals surface area contributed by atoms with E-state index in [1.807, 2.05) is 0 Å². The van der Waals surface area contributed by atoms with Crippen molar-refractivity contribution in [3.63, 3.8) is 0 Å². The number of nitrogens with zero attached hydrogens (tertiary/aromatic N) is 1. The summed E-state index contributed by atoms with van der Waals surface area (Å²) in [4.78, 5) is 25.6. The van der Waals surface area contributed by atoms with Crippen molar-refractivity contribution in [3.8, 4) is 0 Å². The highest BCUT2D eigenvalue weighted by Crippen LogP contribution is 2.05. The Hall–Kier alpha value is -2.08. The number of nitrogen functional groups attached to an aromatic ring is 1. The molecule has 2 amide bonds. The topological polar surface area (TPSA) is 84.7 Å². The molecule has 0 radical (unpaired) electrons. The van der Waals surface area contributed by atoms with Gasteiger partial charge in [-0.05, 0) is 30.7 Å². The van der Waals surface area contributed by atoms with Crippen LogP contribution in [-0.4, -0.2) is 49.6 Å². The van der Waals surface area contributed by atoms with Gasteiger partial charge < -0.3 is 20.7 Å². The van der Waals surface area contributed by atoms with E-state index in [0.29, 0.717) is 37.6 Å². The monoisotopic (exact) mass is 277 g/mol. The first-order valence-electron chi connectivity index (χ1n) is 6.66. The van der Waals surface area contributed by atoms with Crippen molar-refractivity contribution in [1.29, 1.82) is 0 Å². The van der Waals surface area contributed by atoms with Crippen LogP contribution in [0.25, 0.3) is 0 Å². The Morgan fingerprint density at radius 1 is 1.20 bits per heavy atom. The molecule has 1 fully saturated rings. The fraction of sp³-hybridized carbons (Fsp3) is 0.429. The highest BCUT2D eigenvalue weighted by Gasteiger charge is 2.16. The zero-order valence-corrected chi connectivity index (χ0v) is 11.3. The van der Waals surface area contributed by atoms with Crippen LogP contribution >= 0.6 is 0 Å². The lowest BCUT2D eigenvalue weighted by molar-refractivity contribution is -0.130. The molecular weight excluding hydrogens is 258 g/mol. The molecule has 0 bridgehead atoms. The lowest BCUT2D eigenvalue weighted by atomic mass is 10.2. The van der Waals surface area contributed by atoms with E-state index in [1.54, 1.807) is 29.2 Å². The number of ether oxygens (including phenoxy) is 1. The first-order valence-corrected chi connectivity index (χ1v) is 6.66. The molecule has 20 heavy (non-hydrogen) atoms. The zero-order chi connectivity index (χ0) is 14.4. The highest BCUT2D eigenvalue weighted by atomic mass is 16.5. The minimum absolute atomic E-state index is 0.00318. The average molecular weight is 277 g/mol. The lowest BCUT2D eigenvalue weighted by Crippen LogP contribution is -2.41. The average Bonchev–Trinajstić information content (AvgIpc) is 2.74. The molecule has 1 aromatic carbocycles. The maximum atomic E-state index is 12.0. The number of amides is 2. The van der Waals surface area contributed by atoms with Crippen molar-refractivity contribution < 1.29 is 14.3 Å². The van der Waals surface area contributed by atoms with Crippen molar-refractivity contribution in [3.05, 3.63) is 29.8 Å². The molecule has 0 aliphatic carbocycles. The summed E-state index contributed by atoms with van der Waals surface area (Å²) in [5.41, 5.74) is 6.65. The summed E-state index contributed by atoms with van der Waals surface area (Å²) in [6.45, 7) is 2.50. The molecule has 2 rings (SSSR count). The van der Waals surface area contributed by atoms with Crippen molar-refractivity contribution in [2.45, 2.75) is 6.42 Å². The molecule has 108 valence electrons. The molecule has 1 aromatic rings. The summed E-state index contributed by atoms with van der Waals surface area (Å²) in [5.74, 6) is -0.358. The summed E-state index contributed by atoms with van der Waals surface area (Å²) < 4.78 is 5.29. The van der Waals surface area contributed by atoms with Crippen LogP contribution in [0.1, 0.15) is 16.8 Å². The van der Waals surface area contributed by atoms with Crippen LogP contribution in [0.15, 0.2) is 24.3 Å². The van der Waals surface area contributed by atoms with Gasteiger partial charge in [0.2, 0.25) is 5.91 Å². The molecule has 6 heteroatoms. The van der Waals surface area contributed by atoms with Crippen LogP contribution in [0.3, 0.4) is 0 Å². The fourth-order valence-electron chi connectivity index (χ4n) is 2.00. The lowest BCUT2D eigenvalue weighted by Gasteiger charge is -2.19. The van der Waals surface area contributed by atoms with E-state index in [4.69, 9.17) is 10.5 Å². The number of hydrogen-bond acceptors (Lipinski definition) is 4. The number of nitrogens with one attached hydrogen (secondary N) is 1. The molecule has 1 saturated heterocycles. The largest absolute Gasteiger partial charge is 0.399 e. The van der Waals surface area contributed by atoms with Crippen molar-refractivity contribution in [1.82, 2.24) is 10.2 Å². The molecule has 3 N–H and O–H groups in total. The maximum absolute atomic E-state index is 12.0. The van der Waals surface area contributed by atoms with Gasteiger partial charge in [-0.1, -0.05) is 0 Å². The maximum Gasteiger partial charge on any atom is 0.251 e. The second kappa shape index (κ2) is 6.91. The summed E-state index contributed by atoms with van der Waals surface area (Å²) >= 11 is 0. The molecule has 0 unspecified atom stereocenters. The molecule has 0 saturated carbocycles. The molecule has 0 atom stereocenters. The molecule has 1 heterocycles. The quantitative estimate of drug-likeness (QED) is 0.776. The zero-order valence-electron chi connectivity index (χ0n) is 11.3. The second-order valence-corrected chi connectivity index (χ2v) is 4.65. The minimum Gasteiger partial charge on any atom is -0.399 e. The minimum atomic E-state index is -0.274. The Morgan fingerprint density at radius 2 is 1.95 bits per heavy atom. The summed E-state index contributed by atoms with van der Waals surface area (Å²) in [7, 11) is 0. The number of hydrogen-bond donors (Lipinski definition) is 2. The van der Waals surface area contributed by atoms with E-state index in [0.717, 1.165) is 6.42 Å². The van der Waals surface area contributed by atoms with Crippen LogP contribution in [0.5, 0.6) is 0 Å². The number of benzene rings is 1. The number of nitrogens with two attached hydrogens (primary N) is 1. The standard InChI is InChI=1S/C14H19N3O3/c15-12-4-2-11(3-5-12)14(19)16-10-13(18)17-6-1-8-20-9-7-17/h2-5H,1,6-10,15H2,(H,16,19). The third-order valence-corrected chi connectivity index (χ3v) is 3.15. The van der Waals surface area contributed by atoms with Gasteiger partial charge in [-0.3, -0.25) is 9.59 Å². The van der Waals surface area contributed by atoms with E-state index >= 15 is 0 Å². The first-order chi connectivity index (χ1) is 9.66. The Morgan fingerprint density at radius 3 is 2.70 bits per heavy atom. The Bertz CT molecular complexity index is 465. The molecule has 1 aliphatic heterocycles. The van der Waals surface area contributed by atoms with E-state index < -0.39 is 0 Å². The van der Waals surface area contributed by atoms with E-state index in [2.05, 4.69) is 5.32 Å². The molecule has 6 nitrogen and oxygen atoms in total. The van der Waals surface area contributed by atoms with Crippen LogP contribution < -0.4 is 11.1 Å². The summed E-state index contributed by atoms with van der Waals surface area (Å²) in [6.07, 6.45) is 0.831. The smallest absolute Gasteiger partial charge is 0.251 e. The molecule has 0 aromatic heterocycles. The van der Waals surface area contributed by atoms with Gasteiger partial charge in [0.15, 0.2) is 0 Å². The van der Waals surface area contributed by atoms with Gasteiger partial charge in [0.1, 0.15) is 0 Å². The predicted molar refractivity (Wildman–Crippen MR) is 75.2 cm³/mol. The fourth-order valence-corrected chi connectivity index (χ4v) is 2.00. The number of carbonyl (C=O) groups excluding carboxylic acids is 2. The van der Waals surface area contributed by atoms with Gasteiger partial charge in [-0.15, -0.1) is 0 Å². The second-order valence-electron chi connectivity index (χ2n) is 4.65. The molecule has 1 aliphatic rings. The summed E-state index contributed by atoms with van der Waals surface area (Å²) in [6, 6.07) is 6.58. The van der Waals surface area contributed by atoms with E-state index in [1.165, 1.54) is 0 Å². The van der Waals surface area contributed by atoms with Crippen LogP contribution in [0, 0.1) is 0 Å². The predicted octanol–water partition coefficient (Wildman–Crippen LogP) is 0.248. The van der Waals surface area contributed by atoms with E-state index in [-0.39, 0.29) is 18.4 Å². The summed E-state index contributed by atoms with van der Waals surface area (Å²) in [5, 5.41) is 2.62. The van der Waals surface area contributed by atoms with Crippen molar-refractivity contribution in [2.24, 2.45) is 0 Å². The van der Waals surface area contributed by atoms with Gasteiger partial charge in [0, 0.05) is 30.9 Å². The third-order valence-electron chi connectivity index (χ3n) is 3.15. The number of anilines is 1. The molecular formula is C14H19N3O3. The van der Waals surface area contributed by atoms with Gasteiger partial charge in [0.25, 0.3) is 5.91 Å².